The highest BCUT2D eigenvalue weighted by Crippen LogP contribution is 2.35. The van der Waals surface area contributed by atoms with Crippen molar-refractivity contribution in [2.45, 2.75) is 65.6 Å². The van der Waals surface area contributed by atoms with Gasteiger partial charge in [-0.15, -0.1) is 0 Å². The zero-order chi connectivity index (χ0) is 12.8. The fourth-order valence-electron chi connectivity index (χ4n) is 2.60. The Morgan fingerprint density at radius 1 is 0.941 bits per heavy atom. The van der Waals surface area contributed by atoms with E-state index in [0.717, 1.165) is 13.1 Å². The summed E-state index contributed by atoms with van der Waals surface area (Å²) in [6, 6.07) is 6.80. The van der Waals surface area contributed by atoms with Crippen molar-refractivity contribution in [3.8, 4) is 0 Å². The van der Waals surface area contributed by atoms with E-state index in [-0.39, 0.29) is 11.0 Å². The molecule has 0 amide bonds. The number of benzene rings is 1. The van der Waals surface area contributed by atoms with Crippen molar-refractivity contribution in [3.05, 3.63) is 34.9 Å². The Morgan fingerprint density at radius 3 is 2.12 bits per heavy atom. The van der Waals surface area contributed by atoms with E-state index in [1.807, 2.05) is 0 Å². The van der Waals surface area contributed by atoms with Gasteiger partial charge >= 0.3 is 0 Å². The van der Waals surface area contributed by atoms with E-state index < -0.39 is 0 Å². The smallest absolute Gasteiger partial charge is 0.0248 e. The first-order valence-corrected chi connectivity index (χ1v) is 6.56. The highest BCUT2D eigenvalue weighted by Gasteiger charge is 2.31. The normalized spacial score (nSPS) is 17.3. The van der Waals surface area contributed by atoms with Gasteiger partial charge in [0.1, 0.15) is 0 Å². The van der Waals surface area contributed by atoms with Crippen LogP contribution in [0, 0.1) is 0 Å². The third kappa shape index (κ3) is 2.40. The quantitative estimate of drug-likeness (QED) is 0.650. The van der Waals surface area contributed by atoms with Gasteiger partial charge < -0.3 is 0 Å². The van der Waals surface area contributed by atoms with E-state index in [1.165, 1.54) is 11.1 Å². The summed E-state index contributed by atoms with van der Waals surface area (Å²) in [5.74, 6) is 0. The Bertz CT molecular complexity index is 418. The van der Waals surface area contributed by atoms with Crippen LogP contribution in [0.2, 0.25) is 0 Å². The van der Waals surface area contributed by atoms with Gasteiger partial charge in [0.25, 0.3) is 0 Å². The zero-order valence-corrected chi connectivity index (χ0v) is 12.1. The molecule has 1 aliphatic rings. The second-order valence-electron chi connectivity index (χ2n) is 7.22. The lowest BCUT2D eigenvalue weighted by molar-refractivity contribution is 0.136. The molecule has 0 N–H and O–H groups in total. The Morgan fingerprint density at radius 2 is 1.59 bits per heavy atom. The average Bonchev–Trinajstić information content (AvgIpc) is 2.57. The molecule has 0 saturated heterocycles. The predicted octanol–water partition coefficient (Wildman–Crippen LogP) is 4.10. The molecule has 0 aromatic heterocycles. The number of fused-ring (bicyclic) bond motifs is 1. The van der Waals surface area contributed by atoms with Gasteiger partial charge in [-0.25, -0.2) is 0 Å². The monoisotopic (exact) mass is 231 g/mol. The van der Waals surface area contributed by atoms with Crippen LogP contribution in [0.5, 0.6) is 0 Å². The van der Waals surface area contributed by atoms with Crippen LogP contribution in [-0.2, 0) is 18.5 Å². The van der Waals surface area contributed by atoms with Gasteiger partial charge in [-0.05, 0) is 42.9 Å². The predicted molar refractivity (Wildman–Crippen MR) is 74.1 cm³/mol. The van der Waals surface area contributed by atoms with Crippen LogP contribution in [0.4, 0.5) is 0 Å². The molecule has 0 saturated carbocycles. The molecule has 1 aromatic carbocycles. The minimum atomic E-state index is 0.249. The molecule has 0 fully saturated rings. The number of hydrogen-bond acceptors (Lipinski definition) is 1. The largest absolute Gasteiger partial charge is 0.290 e. The van der Waals surface area contributed by atoms with Crippen LogP contribution in [0.1, 0.15) is 58.2 Å². The van der Waals surface area contributed by atoms with Crippen LogP contribution < -0.4 is 0 Å². The van der Waals surface area contributed by atoms with Crippen molar-refractivity contribution < 1.29 is 0 Å². The fourth-order valence-corrected chi connectivity index (χ4v) is 2.60. The number of rotatable bonds is 0. The fraction of sp³-hybridized carbons (Fsp3) is 0.625. The van der Waals surface area contributed by atoms with Crippen LogP contribution in [-0.4, -0.2) is 10.4 Å². The summed E-state index contributed by atoms with van der Waals surface area (Å²) < 4.78 is 0. The molecule has 2 rings (SSSR count). The van der Waals surface area contributed by atoms with E-state index in [2.05, 4.69) is 64.6 Å². The first-order chi connectivity index (χ1) is 7.69. The Hall–Kier alpha value is -0.820. The summed E-state index contributed by atoms with van der Waals surface area (Å²) in [5, 5.41) is 0. The highest BCUT2D eigenvalue weighted by molar-refractivity contribution is 5.41. The molecule has 0 spiro atoms. The van der Waals surface area contributed by atoms with Crippen molar-refractivity contribution in [2.24, 2.45) is 0 Å². The van der Waals surface area contributed by atoms with Gasteiger partial charge in [0, 0.05) is 18.6 Å². The summed E-state index contributed by atoms with van der Waals surface area (Å²) in [7, 11) is 0. The van der Waals surface area contributed by atoms with Crippen molar-refractivity contribution in [1.82, 2.24) is 4.90 Å². The lowest BCUT2D eigenvalue weighted by Gasteiger charge is -2.31. The first-order valence-electron chi connectivity index (χ1n) is 6.56. The van der Waals surface area contributed by atoms with Gasteiger partial charge in [-0.3, -0.25) is 4.90 Å². The topological polar surface area (TPSA) is 3.24 Å². The van der Waals surface area contributed by atoms with Gasteiger partial charge in [0.05, 0.1) is 0 Å². The summed E-state index contributed by atoms with van der Waals surface area (Å²) >= 11 is 0. The Balaban J connectivity index is 2.39. The minimum absolute atomic E-state index is 0.249. The molecule has 1 aromatic rings. The van der Waals surface area contributed by atoms with E-state index in [4.69, 9.17) is 0 Å². The van der Waals surface area contributed by atoms with Gasteiger partial charge in [0.2, 0.25) is 0 Å². The van der Waals surface area contributed by atoms with Crippen molar-refractivity contribution in [2.75, 3.05) is 0 Å². The number of hydrogen-bond donors (Lipinski definition) is 0. The molecule has 1 aliphatic heterocycles. The second-order valence-corrected chi connectivity index (χ2v) is 7.22. The van der Waals surface area contributed by atoms with Gasteiger partial charge in [0.15, 0.2) is 0 Å². The molecule has 0 aliphatic carbocycles. The molecule has 0 atom stereocenters. The van der Waals surface area contributed by atoms with Crippen LogP contribution in [0.3, 0.4) is 0 Å². The van der Waals surface area contributed by atoms with E-state index in [1.54, 1.807) is 5.56 Å². The zero-order valence-electron chi connectivity index (χ0n) is 12.1. The third-order valence-corrected chi connectivity index (χ3v) is 3.74. The van der Waals surface area contributed by atoms with E-state index in [0.29, 0.717) is 0 Å². The summed E-state index contributed by atoms with van der Waals surface area (Å²) in [4.78, 5) is 2.56. The molecule has 1 heterocycles. The SMILES string of the molecule is CC(C)(C)c1cccc2c1CN(C(C)(C)C)C2. The molecule has 0 radical (unpaired) electrons. The number of nitrogens with zero attached hydrogens (tertiary/aromatic N) is 1. The van der Waals surface area contributed by atoms with Crippen LogP contribution >= 0.6 is 0 Å². The molecular formula is C16H25N. The van der Waals surface area contributed by atoms with Crippen molar-refractivity contribution >= 4 is 0 Å². The minimum Gasteiger partial charge on any atom is -0.290 e. The summed E-state index contributed by atoms with van der Waals surface area (Å²) in [6.45, 7) is 16.0. The third-order valence-electron chi connectivity index (χ3n) is 3.74. The molecule has 1 heteroatoms. The molecule has 1 nitrogen and oxygen atoms in total. The lowest BCUT2D eigenvalue weighted by Crippen LogP contribution is -2.37. The Kier molecular flexibility index (Phi) is 2.86. The van der Waals surface area contributed by atoms with Crippen molar-refractivity contribution in [3.63, 3.8) is 0 Å². The maximum atomic E-state index is 2.56. The van der Waals surface area contributed by atoms with E-state index >= 15 is 0 Å². The first kappa shape index (κ1) is 12.6. The van der Waals surface area contributed by atoms with Gasteiger partial charge in [-0.2, -0.15) is 0 Å². The lowest BCUT2D eigenvalue weighted by atomic mass is 9.83. The second kappa shape index (κ2) is 3.84. The molecular weight excluding hydrogens is 206 g/mol. The van der Waals surface area contributed by atoms with E-state index in [9.17, 15) is 0 Å². The highest BCUT2D eigenvalue weighted by atomic mass is 15.2. The molecule has 0 bridgehead atoms. The maximum Gasteiger partial charge on any atom is 0.0248 e. The van der Waals surface area contributed by atoms with Crippen LogP contribution in [0.15, 0.2) is 18.2 Å². The van der Waals surface area contributed by atoms with Crippen LogP contribution in [0.25, 0.3) is 0 Å². The van der Waals surface area contributed by atoms with Crippen molar-refractivity contribution in [1.29, 1.82) is 0 Å². The summed E-state index contributed by atoms with van der Waals surface area (Å²) in [5.41, 5.74) is 5.11. The molecule has 0 unspecified atom stereocenters. The maximum absolute atomic E-state index is 2.56. The summed E-state index contributed by atoms with van der Waals surface area (Å²) in [6.07, 6.45) is 0. The average molecular weight is 231 g/mol. The molecule has 17 heavy (non-hydrogen) atoms. The Labute approximate surface area is 106 Å². The standard InChI is InChI=1S/C16H25N/c1-15(2,3)14-9-7-8-12-10-17(11-13(12)14)16(4,5)6/h7-9H,10-11H2,1-6H3. The van der Waals surface area contributed by atoms with Gasteiger partial charge in [-0.1, -0.05) is 39.0 Å². The molecule has 94 valence electrons.